The van der Waals surface area contributed by atoms with Crippen LogP contribution in [0.2, 0.25) is 0 Å². The predicted octanol–water partition coefficient (Wildman–Crippen LogP) is 7.08. The molecule has 0 bridgehead atoms. The van der Waals surface area contributed by atoms with Crippen molar-refractivity contribution >= 4 is 5.97 Å². The van der Waals surface area contributed by atoms with Crippen molar-refractivity contribution in [3.8, 4) is 0 Å². The van der Waals surface area contributed by atoms with E-state index in [1.807, 2.05) is 6.92 Å². The van der Waals surface area contributed by atoms with Crippen molar-refractivity contribution in [2.24, 2.45) is 23.7 Å². The van der Waals surface area contributed by atoms with Crippen molar-refractivity contribution in [1.29, 1.82) is 0 Å². The first-order valence-electron chi connectivity index (χ1n) is 11.6. The monoisotopic (exact) mass is 362 g/mol. The van der Waals surface area contributed by atoms with Crippen LogP contribution in [0.1, 0.15) is 104 Å². The van der Waals surface area contributed by atoms with Gasteiger partial charge in [-0.1, -0.05) is 70.9 Å². The zero-order valence-corrected chi connectivity index (χ0v) is 17.4. The van der Waals surface area contributed by atoms with Gasteiger partial charge in [-0.2, -0.15) is 0 Å². The van der Waals surface area contributed by atoms with Gasteiger partial charge in [0.15, 0.2) is 0 Å². The van der Waals surface area contributed by atoms with Crippen LogP contribution < -0.4 is 0 Å². The van der Waals surface area contributed by atoms with Crippen molar-refractivity contribution < 1.29 is 9.53 Å². The quantitative estimate of drug-likeness (QED) is 0.306. The molecule has 0 radical (unpaired) electrons. The van der Waals surface area contributed by atoms with Gasteiger partial charge < -0.3 is 4.74 Å². The first kappa shape index (κ1) is 21.5. The molecule has 0 aromatic rings. The van der Waals surface area contributed by atoms with Crippen LogP contribution in [0.5, 0.6) is 0 Å². The molecule has 2 fully saturated rings. The highest BCUT2D eigenvalue weighted by atomic mass is 16.5. The van der Waals surface area contributed by atoms with E-state index in [1.54, 1.807) is 0 Å². The topological polar surface area (TPSA) is 26.3 Å². The number of carbonyl (C=O) groups excluding carboxylic acids is 1. The normalized spacial score (nSPS) is 29.8. The molecule has 0 aromatic carbocycles. The molecule has 2 rings (SSSR count). The fourth-order valence-electron chi connectivity index (χ4n) is 4.79. The molecular weight excluding hydrogens is 320 g/mol. The van der Waals surface area contributed by atoms with E-state index in [0.717, 1.165) is 43.9 Å². The largest absolute Gasteiger partial charge is 0.465 e. The van der Waals surface area contributed by atoms with Crippen molar-refractivity contribution in [2.75, 3.05) is 6.61 Å². The molecule has 2 nitrogen and oxygen atoms in total. The second-order valence-electron chi connectivity index (χ2n) is 8.81. The summed E-state index contributed by atoms with van der Waals surface area (Å²) in [4.78, 5) is 11.9. The maximum absolute atomic E-state index is 11.9. The number of ether oxygens (including phenoxy) is 1. The number of unbranched alkanes of at least 4 members (excludes halogenated alkanes) is 1. The number of hydrogen-bond donors (Lipinski definition) is 0. The van der Waals surface area contributed by atoms with Gasteiger partial charge in [0, 0.05) is 0 Å². The van der Waals surface area contributed by atoms with Crippen molar-refractivity contribution in [1.82, 2.24) is 0 Å². The molecule has 0 unspecified atom stereocenters. The second kappa shape index (κ2) is 12.6. The van der Waals surface area contributed by atoms with Gasteiger partial charge in [-0.25, -0.2) is 0 Å². The van der Waals surface area contributed by atoms with E-state index >= 15 is 0 Å². The lowest BCUT2D eigenvalue weighted by Crippen LogP contribution is -2.23. The fraction of sp³-hybridized carbons (Fsp3) is 0.875. The van der Waals surface area contributed by atoms with Gasteiger partial charge in [0.25, 0.3) is 0 Å². The third-order valence-electron chi connectivity index (χ3n) is 6.64. The summed E-state index contributed by atoms with van der Waals surface area (Å²) in [6.45, 7) is 4.94. The lowest BCUT2D eigenvalue weighted by atomic mass is 9.78. The smallest absolute Gasteiger partial charge is 0.308 e. The van der Waals surface area contributed by atoms with Crippen LogP contribution in [-0.2, 0) is 9.53 Å². The molecule has 2 aliphatic carbocycles. The number of carbonyl (C=O) groups is 1. The zero-order valence-electron chi connectivity index (χ0n) is 17.4. The van der Waals surface area contributed by atoms with E-state index in [9.17, 15) is 4.79 Å². The van der Waals surface area contributed by atoms with Gasteiger partial charge in [0.2, 0.25) is 0 Å². The molecule has 2 saturated carbocycles. The molecule has 0 aromatic heterocycles. The summed E-state index contributed by atoms with van der Waals surface area (Å²) in [5.41, 5.74) is 0. The molecule has 0 atom stereocenters. The number of rotatable bonds is 10. The first-order chi connectivity index (χ1) is 12.7. The molecule has 0 amide bonds. The summed E-state index contributed by atoms with van der Waals surface area (Å²) < 4.78 is 5.30. The average molecular weight is 363 g/mol. The molecule has 0 aliphatic heterocycles. The number of hydrogen-bond acceptors (Lipinski definition) is 2. The van der Waals surface area contributed by atoms with Crippen LogP contribution in [0.15, 0.2) is 12.2 Å². The van der Waals surface area contributed by atoms with Crippen LogP contribution in [0.3, 0.4) is 0 Å². The molecular formula is C24H42O2. The fourth-order valence-corrected chi connectivity index (χ4v) is 4.79. The zero-order chi connectivity index (χ0) is 18.6. The van der Waals surface area contributed by atoms with Gasteiger partial charge >= 0.3 is 5.97 Å². The lowest BCUT2D eigenvalue weighted by Gasteiger charge is -2.28. The molecule has 2 heteroatoms. The minimum Gasteiger partial charge on any atom is -0.465 e. The molecule has 0 heterocycles. The third kappa shape index (κ3) is 7.84. The van der Waals surface area contributed by atoms with Gasteiger partial charge in [-0.3, -0.25) is 4.79 Å². The van der Waals surface area contributed by atoms with E-state index in [2.05, 4.69) is 19.1 Å². The summed E-state index contributed by atoms with van der Waals surface area (Å²) in [6.07, 6.45) is 22.9. The van der Waals surface area contributed by atoms with Crippen molar-refractivity contribution in [2.45, 2.75) is 104 Å². The number of esters is 1. The van der Waals surface area contributed by atoms with E-state index in [1.165, 1.54) is 57.8 Å². The highest BCUT2D eigenvalue weighted by molar-refractivity contribution is 5.72. The van der Waals surface area contributed by atoms with E-state index in [4.69, 9.17) is 4.74 Å². The van der Waals surface area contributed by atoms with Crippen LogP contribution in [0.4, 0.5) is 0 Å². The van der Waals surface area contributed by atoms with Crippen LogP contribution in [-0.4, -0.2) is 12.6 Å². The minimum atomic E-state index is 0.0452. The lowest BCUT2D eigenvalue weighted by molar-refractivity contribution is -0.149. The second-order valence-corrected chi connectivity index (χ2v) is 8.81. The standard InChI is InChI=1S/C24H42O2/c1-3-5-8-20-11-13-21(14-12-20)9-6-7-10-22-15-17-23(18-16-22)24(25)26-19-4-2/h7,10,20-23H,3-6,8-9,11-19H2,1-2H3/b10-7+. The van der Waals surface area contributed by atoms with E-state index < -0.39 is 0 Å². The molecule has 150 valence electrons. The molecule has 26 heavy (non-hydrogen) atoms. The summed E-state index contributed by atoms with van der Waals surface area (Å²) >= 11 is 0. The van der Waals surface area contributed by atoms with Gasteiger partial charge in [0.05, 0.1) is 12.5 Å². The third-order valence-corrected chi connectivity index (χ3v) is 6.64. The Morgan fingerprint density at radius 1 is 0.885 bits per heavy atom. The van der Waals surface area contributed by atoms with Crippen LogP contribution in [0.25, 0.3) is 0 Å². The Kier molecular flexibility index (Phi) is 10.4. The summed E-state index contributed by atoms with van der Waals surface area (Å²) in [5, 5.41) is 0. The Labute approximate surface area is 162 Å². The van der Waals surface area contributed by atoms with Crippen LogP contribution in [0, 0.1) is 23.7 Å². The van der Waals surface area contributed by atoms with E-state index in [0.29, 0.717) is 12.5 Å². The Morgan fingerprint density at radius 2 is 1.54 bits per heavy atom. The van der Waals surface area contributed by atoms with Crippen molar-refractivity contribution in [3.63, 3.8) is 0 Å². The van der Waals surface area contributed by atoms with Gasteiger partial charge in [-0.05, 0) is 62.7 Å². The Hall–Kier alpha value is -0.790. The summed E-state index contributed by atoms with van der Waals surface area (Å²) in [6, 6.07) is 0. The number of allylic oxidation sites excluding steroid dienone is 2. The minimum absolute atomic E-state index is 0.0452. The Bertz CT molecular complexity index is 398. The maximum atomic E-state index is 11.9. The highest BCUT2D eigenvalue weighted by Gasteiger charge is 2.26. The highest BCUT2D eigenvalue weighted by Crippen LogP contribution is 2.34. The van der Waals surface area contributed by atoms with Crippen molar-refractivity contribution in [3.05, 3.63) is 12.2 Å². The maximum Gasteiger partial charge on any atom is 0.308 e. The average Bonchev–Trinajstić information content (AvgIpc) is 2.69. The summed E-state index contributed by atoms with van der Waals surface area (Å²) in [7, 11) is 0. The van der Waals surface area contributed by atoms with Gasteiger partial charge in [-0.15, -0.1) is 0 Å². The SMILES string of the molecule is CCCCC1CCC(CC/C=C/C2CCC(C(=O)OCCC)CC2)CC1. The molecule has 0 N–H and O–H groups in total. The van der Waals surface area contributed by atoms with Crippen LogP contribution >= 0.6 is 0 Å². The molecule has 2 aliphatic rings. The Morgan fingerprint density at radius 3 is 2.15 bits per heavy atom. The first-order valence-corrected chi connectivity index (χ1v) is 11.6. The Balaban J connectivity index is 1.54. The predicted molar refractivity (Wildman–Crippen MR) is 110 cm³/mol. The molecule has 0 saturated heterocycles. The summed E-state index contributed by atoms with van der Waals surface area (Å²) in [5.74, 6) is 2.90. The molecule has 0 spiro atoms. The van der Waals surface area contributed by atoms with Gasteiger partial charge in [0.1, 0.15) is 0 Å². The van der Waals surface area contributed by atoms with E-state index in [-0.39, 0.29) is 11.9 Å².